The van der Waals surface area contributed by atoms with Gasteiger partial charge in [-0.2, -0.15) is 0 Å². The highest BCUT2D eigenvalue weighted by atomic mass is 32.1. The Bertz CT molecular complexity index is 364. The molecule has 94 valence electrons. The van der Waals surface area contributed by atoms with Crippen LogP contribution in [0.15, 0.2) is 17.5 Å². The van der Waals surface area contributed by atoms with Crippen LogP contribution in [-0.4, -0.2) is 5.78 Å². The van der Waals surface area contributed by atoms with Gasteiger partial charge in [0.1, 0.15) is 5.78 Å². The van der Waals surface area contributed by atoms with Crippen LogP contribution in [0.5, 0.6) is 0 Å². The van der Waals surface area contributed by atoms with E-state index in [-0.39, 0.29) is 5.41 Å². The SMILES string of the molecule is CC1(C)CCCCC1C(=O)CCc1cccs1. The minimum Gasteiger partial charge on any atom is -0.299 e. The van der Waals surface area contributed by atoms with Crippen molar-refractivity contribution < 1.29 is 4.79 Å². The molecule has 1 fully saturated rings. The molecule has 1 atom stereocenters. The summed E-state index contributed by atoms with van der Waals surface area (Å²) in [7, 11) is 0. The third kappa shape index (κ3) is 3.19. The second-order valence-electron chi connectivity index (χ2n) is 5.83. The molecular formula is C15H22OS. The van der Waals surface area contributed by atoms with Crippen LogP contribution in [0.4, 0.5) is 0 Å². The number of thiophene rings is 1. The number of rotatable bonds is 4. The van der Waals surface area contributed by atoms with E-state index in [0.717, 1.165) is 19.3 Å². The van der Waals surface area contributed by atoms with Crippen LogP contribution in [0.3, 0.4) is 0 Å². The molecule has 1 aromatic rings. The zero-order valence-electron chi connectivity index (χ0n) is 10.9. The largest absolute Gasteiger partial charge is 0.299 e. The summed E-state index contributed by atoms with van der Waals surface area (Å²) < 4.78 is 0. The maximum Gasteiger partial charge on any atom is 0.136 e. The molecule has 0 aromatic carbocycles. The fourth-order valence-electron chi connectivity index (χ4n) is 2.97. The van der Waals surface area contributed by atoms with Crippen molar-refractivity contribution in [2.24, 2.45) is 11.3 Å². The van der Waals surface area contributed by atoms with Crippen molar-refractivity contribution in [3.05, 3.63) is 22.4 Å². The molecule has 17 heavy (non-hydrogen) atoms. The fraction of sp³-hybridized carbons (Fsp3) is 0.667. The van der Waals surface area contributed by atoms with Crippen LogP contribution in [0, 0.1) is 11.3 Å². The van der Waals surface area contributed by atoms with Crippen molar-refractivity contribution in [1.29, 1.82) is 0 Å². The first kappa shape index (κ1) is 12.8. The van der Waals surface area contributed by atoms with E-state index in [1.54, 1.807) is 11.3 Å². The Labute approximate surface area is 108 Å². The van der Waals surface area contributed by atoms with E-state index in [1.165, 1.54) is 24.1 Å². The van der Waals surface area contributed by atoms with Crippen molar-refractivity contribution >= 4 is 17.1 Å². The quantitative estimate of drug-likeness (QED) is 0.770. The Balaban J connectivity index is 1.90. The number of carbonyl (C=O) groups is 1. The Kier molecular flexibility index (Phi) is 4.03. The van der Waals surface area contributed by atoms with Crippen molar-refractivity contribution in [2.75, 3.05) is 0 Å². The van der Waals surface area contributed by atoms with Crippen LogP contribution < -0.4 is 0 Å². The predicted molar refractivity (Wildman–Crippen MR) is 73.4 cm³/mol. The predicted octanol–water partition coefficient (Wildman–Crippen LogP) is 4.47. The summed E-state index contributed by atoms with van der Waals surface area (Å²) in [5.74, 6) is 0.791. The molecule has 0 amide bonds. The van der Waals surface area contributed by atoms with Gasteiger partial charge in [0.15, 0.2) is 0 Å². The van der Waals surface area contributed by atoms with Crippen molar-refractivity contribution in [1.82, 2.24) is 0 Å². The Morgan fingerprint density at radius 1 is 1.47 bits per heavy atom. The zero-order chi connectivity index (χ0) is 12.3. The Hall–Kier alpha value is -0.630. The number of ketones is 1. The average Bonchev–Trinajstić information content (AvgIpc) is 2.78. The summed E-state index contributed by atoms with van der Waals surface area (Å²) in [4.78, 5) is 13.7. The summed E-state index contributed by atoms with van der Waals surface area (Å²) in [6.45, 7) is 4.53. The average molecular weight is 250 g/mol. The van der Waals surface area contributed by atoms with Gasteiger partial charge < -0.3 is 0 Å². The maximum absolute atomic E-state index is 12.3. The smallest absolute Gasteiger partial charge is 0.136 e. The van der Waals surface area contributed by atoms with Crippen LogP contribution >= 0.6 is 11.3 Å². The van der Waals surface area contributed by atoms with Gasteiger partial charge >= 0.3 is 0 Å². The molecule has 1 aromatic heterocycles. The highest BCUT2D eigenvalue weighted by molar-refractivity contribution is 7.09. The zero-order valence-corrected chi connectivity index (χ0v) is 11.7. The summed E-state index contributed by atoms with van der Waals surface area (Å²) in [6, 6.07) is 4.19. The van der Waals surface area contributed by atoms with E-state index in [2.05, 4.69) is 31.4 Å². The molecule has 0 saturated heterocycles. The van der Waals surface area contributed by atoms with Crippen LogP contribution in [-0.2, 0) is 11.2 Å². The summed E-state index contributed by atoms with van der Waals surface area (Å²) in [6.07, 6.45) is 6.51. The second-order valence-corrected chi connectivity index (χ2v) is 6.86. The molecule has 0 N–H and O–H groups in total. The van der Waals surface area contributed by atoms with E-state index in [9.17, 15) is 4.79 Å². The lowest BCUT2D eigenvalue weighted by Gasteiger charge is -2.37. The molecule has 1 nitrogen and oxygen atoms in total. The number of aryl methyl sites for hydroxylation is 1. The molecule has 0 bridgehead atoms. The van der Waals surface area contributed by atoms with Crippen molar-refractivity contribution in [3.8, 4) is 0 Å². The molecule has 0 spiro atoms. The topological polar surface area (TPSA) is 17.1 Å². The fourth-order valence-corrected chi connectivity index (χ4v) is 3.68. The van der Waals surface area contributed by atoms with Gasteiger partial charge in [0.05, 0.1) is 0 Å². The molecule has 0 aliphatic heterocycles. The van der Waals surface area contributed by atoms with E-state index in [1.807, 2.05) is 0 Å². The number of Topliss-reactive ketones (excluding diaryl/α,β-unsaturated/α-hetero) is 1. The van der Waals surface area contributed by atoms with Crippen LogP contribution in [0.1, 0.15) is 50.8 Å². The number of hydrogen-bond acceptors (Lipinski definition) is 2. The van der Waals surface area contributed by atoms with Gasteiger partial charge in [0.2, 0.25) is 0 Å². The van der Waals surface area contributed by atoms with E-state index in [4.69, 9.17) is 0 Å². The lowest BCUT2D eigenvalue weighted by atomic mass is 9.66. The lowest BCUT2D eigenvalue weighted by molar-refractivity contribution is -0.127. The first-order chi connectivity index (χ1) is 8.09. The molecular weight excluding hydrogens is 228 g/mol. The van der Waals surface area contributed by atoms with Gasteiger partial charge in [-0.15, -0.1) is 11.3 Å². The summed E-state index contributed by atoms with van der Waals surface area (Å²) in [5, 5.41) is 2.09. The normalized spacial score (nSPS) is 23.5. The third-order valence-corrected chi connectivity index (χ3v) is 5.03. The monoisotopic (exact) mass is 250 g/mol. The number of hydrogen-bond donors (Lipinski definition) is 0. The summed E-state index contributed by atoms with van der Waals surface area (Å²) in [5.41, 5.74) is 0.227. The molecule has 1 aliphatic rings. The molecule has 1 aliphatic carbocycles. The third-order valence-electron chi connectivity index (χ3n) is 4.09. The van der Waals surface area contributed by atoms with E-state index >= 15 is 0 Å². The summed E-state index contributed by atoms with van der Waals surface area (Å²) >= 11 is 1.76. The van der Waals surface area contributed by atoms with Crippen molar-refractivity contribution in [3.63, 3.8) is 0 Å². The lowest BCUT2D eigenvalue weighted by Crippen LogP contribution is -2.34. The van der Waals surface area contributed by atoms with E-state index in [0.29, 0.717) is 11.7 Å². The number of carbonyl (C=O) groups excluding carboxylic acids is 1. The Morgan fingerprint density at radius 2 is 2.29 bits per heavy atom. The van der Waals surface area contributed by atoms with Gasteiger partial charge in [0.25, 0.3) is 0 Å². The molecule has 2 rings (SSSR count). The minimum absolute atomic E-state index is 0.227. The molecule has 2 heteroatoms. The highest BCUT2D eigenvalue weighted by Crippen LogP contribution is 2.41. The van der Waals surface area contributed by atoms with E-state index < -0.39 is 0 Å². The van der Waals surface area contributed by atoms with Crippen LogP contribution in [0.2, 0.25) is 0 Å². The first-order valence-corrected chi connectivity index (χ1v) is 7.53. The standard InChI is InChI=1S/C15H22OS/c1-15(2)10-4-3-7-13(15)14(16)9-8-12-6-5-11-17-12/h5-6,11,13H,3-4,7-10H2,1-2H3. The minimum atomic E-state index is 0.227. The van der Waals surface area contributed by atoms with Gasteiger partial charge in [-0.25, -0.2) is 0 Å². The van der Waals surface area contributed by atoms with Gasteiger partial charge in [-0.1, -0.05) is 32.8 Å². The molecule has 1 unspecified atom stereocenters. The first-order valence-electron chi connectivity index (χ1n) is 6.65. The second kappa shape index (κ2) is 5.34. The van der Waals surface area contributed by atoms with Gasteiger partial charge in [0, 0.05) is 17.2 Å². The van der Waals surface area contributed by atoms with Gasteiger partial charge in [-0.05, 0) is 36.1 Å². The maximum atomic E-state index is 12.3. The van der Waals surface area contributed by atoms with Crippen LogP contribution in [0.25, 0.3) is 0 Å². The van der Waals surface area contributed by atoms with Gasteiger partial charge in [-0.3, -0.25) is 4.79 Å². The Morgan fingerprint density at radius 3 is 2.94 bits per heavy atom. The molecule has 1 heterocycles. The highest BCUT2D eigenvalue weighted by Gasteiger charge is 2.36. The van der Waals surface area contributed by atoms with Crippen molar-refractivity contribution in [2.45, 2.75) is 52.4 Å². The molecule has 0 radical (unpaired) electrons. The molecule has 1 saturated carbocycles.